The van der Waals surface area contributed by atoms with E-state index in [1.54, 1.807) is 4.90 Å². The number of anilines is 1. The monoisotopic (exact) mass is 303 g/mol. The van der Waals surface area contributed by atoms with Crippen LogP contribution in [0.3, 0.4) is 0 Å². The Labute approximate surface area is 129 Å². The minimum absolute atomic E-state index is 0.126. The average molecular weight is 303 g/mol. The van der Waals surface area contributed by atoms with Crippen LogP contribution >= 0.6 is 0 Å². The van der Waals surface area contributed by atoms with Gasteiger partial charge in [-0.2, -0.15) is 4.98 Å². The van der Waals surface area contributed by atoms with Gasteiger partial charge in [-0.15, -0.1) is 0 Å². The summed E-state index contributed by atoms with van der Waals surface area (Å²) in [6, 6.07) is 8.25. The van der Waals surface area contributed by atoms with E-state index < -0.39 is 5.60 Å². The molecule has 0 bridgehead atoms. The number of benzene rings is 1. The number of nitrogens with zero attached hydrogens (tertiary/aromatic N) is 2. The first-order chi connectivity index (χ1) is 10.4. The Morgan fingerprint density at radius 2 is 2.18 bits per heavy atom. The Hall–Kier alpha value is -2.24. The summed E-state index contributed by atoms with van der Waals surface area (Å²) >= 11 is 0. The molecule has 1 aromatic heterocycles. The highest BCUT2D eigenvalue weighted by molar-refractivity contribution is 5.74. The minimum atomic E-state index is -0.469. The van der Waals surface area contributed by atoms with Crippen molar-refractivity contribution in [3.8, 4) is 0 Å². The Kier molecular flexibility index (Phi) is 3.68. The molecule has 2 aromatic rings. The van der Waals surface area contributed by atoms with E-state index in [4.69, 9.17) is 9.15 Å². The van der Waals surface area contributed by atoms with Gasteiger partial charge >= 0.3 is 6.09 Å². The van der Waals surface area contributed by atoms with Gasteiger partial charge in [0.15, 0.2) is 5.58 Å². The maximum atomic E-state index is 12.0. The topological polar surface area (TPSA) is 67.6 Å². The van der Waals surface area contributed by atoms with E-state index in [0.29, 0.717) is 19.1 Å². The molecule has 1 atom stereocenters. The second-order valence-corrected chi connectivity index (χ2v) is 6.54. The van der Waals surface area contributed by atoms with Crippen LogP contribution in [0.1, 0.15) is 27.2 Å². The van der Waals surface area contributed by atoms with Crippen LogP contribution in [0.2, 0.25) is 0 Å². The lowest BCUT2D eigenvalue weighted by Crippen LogP contribution is -2.36. The highest BCUT2D eigenvalue weighted by Crippen LogP contribution is 2.22. The van der Waals surface area contributed by atoms with Gasteiger partial charge < -0.3 is 19.4 Å². The zero-order valence-electron chi connectivity index (χ0n) is 13.1. The lowest BCUT2D eigenvalue weighted by atomic mass is 10.2. The quantitative estimate of drug-likeness (QED) is 0.922. The molecular formula is C16H21N3O3. The van der Waals surface area contributed by atoms with Crippen LogP contribution in [0, 0.1) is 0 Å². The van der Waals surface area contributed by atoms with Crippen molar-refractivity contribution in [1.82, 2.24) is 9.88 Å². The number of hydrogen-bond donors (Lipinski definition) is 1. The van der Waals surface area contributed by atoms with Gasteiger partial charge in [-0.25, -0.2) is 4.79 Å². The molecule has 0 unspecified atom stereocenters. The number of aromatic nitrogens is 1. The molecule has 1 aromatic carbocycles. The number of carbonyl (C=O) groups excluding carboxylic acids is 1. The maximum absolute atomic E-state index is 12.0. The first-order valence-corrected chi connectivity index (χ1v) is 7.51. The second-order valence-electron chi connectivity index (χ2n) is 6.54. The smallest absolute Gasteiger partial charge is 0.410 e. The predicted molar refractivity (Wildman–Crippen MR) is 83.8 cm³/mol. The van der Waals surface area contributed by atoms with E-state index in [1.807, 2.05) is 45.0 Å². The first-order valence-electron chi connectivity index (χ1n) is 7.51. The summed E-state index contributed by atoms with van der Waals surface area (Å²) in [5.41, 5.74) is 1.11. The van der Waals surface area contributed by atoms with E-state index in [1.165, 1.54) is 0 Å². The summed E-state index contributed by atoms with van der Waals surface area (Å²) in [4.78, 5) is 18.1. The molecule has 6 heteroatoms. The first kappa shape index (κ1) is 14.7. The molecule has 1 fully saturated rings. The van der Waals surface area contributed by atoms with Crippen molar-refractivity contribution >= 4 is 23.2 Å². The van der Waals surface area contributed by atoms with E-state index in [9.17, 15) is 4.79 Å². The molecule has 22 heavy (non-hydrogen) atoms. The number of likely N-dealkylation sites (tertiary alicyclic amines) is 1. The van der Waals surface area contributed by atoms with Gasteiger partial charge in [-0.05, 0) is 39.3 Å². The third kappa shape index (κ3) is 3.32. The molecule has 1 N–H and O–H groups in total. The lowest BCUT2D eigenvalue weighted by Gasteiger charge is -2.24. The third-order valence-electron chi connectivity index (χ3n) is 3.46. The summed E-state index contributed by atoms with van der Waals surface area (Å²) in [6.07, 6.45) is 0.576. The summed E-state index contributed by atoms with van der Waals surface area (Å²) in [5.74, 6) is 0. The Morgan fingerprint density at radius 3 is 2.91 bits per heavy atom. The zero-order chi connectivity index (χ0) is 15.7. The Bertz CT molecular complexity index is 642. The van der Waals surface area contributed by atoms with Crippen molar-refractivity contribution in [2.45, 2.75) is 38.8 Å². The molecule has 0 saturated carbocycles. The van der Waals surface area contributed by atoms with Gasteiger partial charge in [-0.1, -0.05) is 12.1 Å². The fourth-order valence-electron chi connectivity index (χ4n) is 2.48. The third-order valence-corrected chi connectivity index (χ3v) is 3.46. The van der Waals surface area contributed by atoms with Crippen LogP contribution in [0.4, 0.5) is 10.8 Å². The zero-order valence-corrected chi connectivity index (χ0v) is 13.1. The molecule has 3 rings (SSSR count). The number of amides is 1. The molecule has 6 nitrogen and oxygen atoms in total. The molecular weight excluding hydrogens is 282 g/mol. The fourth-order valence-corrected chi connectivity index (χ4v) is 2.48. The molecule has 2 heterocycles. The number of oxazole rings is 1. The fraction of sp³-hybridized carbons (Fsp3) is 0.500. The van der Waals surface area contributed by atoms with Crippen molar-refractivity contribution in [1.29, 1.82) is 0 Å². The summed E-state index contributed by atoms with van der Waals surface area (Å²) in [6.45, 7) is 6.87. The Balaban J connectivity index is 1.60. The predicted octanol–water partition coefficient (Wildman–Crippen LogP) is 3.25. The van der Waals surface area contributed by atoms with Crippen molar-refractivity contribution in [3.05, 3.63) is 24.3 Å². The lowest BCUT2D eigenvalue weighted by molar-refractivity contribution is 0.0293. The van der Waals surface area contributed by atoms with Gasteiger partial charge in [0.25, 0.3) is 6.01 Å². The number of nitrogens with one attached hydrogen (secondary N) is 1. The summed E-state index contributed by atoms with van der Waals surface area (Å²) in [5, 5.41) is 3.25. The van der Waals surface area contributed by atoms with Crippen LogP contribution in [-0.2, 0) is 4.74 Å². The van der Waals surface area contributed by atoms with Gasteiger partial charge in [0.05, 0.1) is 0 Å². The number of para-hydroxylation sites is 2. The molecule has 0 aliphatic carbocycles. The molecule has 118 valence electrons. The van der Waals surface area contributed by atoms with E-state index in [-0.39, 0.29) is 12.1 Å². The van der Waals surface area contributed by atoms with Crippen LogP contribution in [-0.4, -0.2) is 40.7 Å². The van der Waals surface area contributed by atoms with E-state index in [0.717, 1.165) is 17.5 Å². The van der Waals surface area contributed by atoms with Gasteiger partial charge in [-0.3, -0.25) is 0 Å². The van der Waals surface area contributed by atoms with E-state index >= 15 is 0 Å². The number of ether oxygens (including phenoxy) is 1. The SMILES string of the molecule is CC(C)(C)OC(=O)N1CC[C@@H](Nc2nc3ccccc3o2)C1. The summed E-state index contributed by atoms with van der Waals surface area (Å²) in [7, 11) is 0. The molecule has 0 spiro atoms. The van der Waals surface area contributed by atoms with Crippen molar-refractivity contribution in [3.63, 3.8) is 0 Å². The van der Waals surface area contributed by atoms with Gasteiger partial charge in [0.1, 0.15) is 11.1 Å². The largest absolute Gasteiger partial charge is 0.444 e. The number of hydrogen-bond acceptors (Lipinski definition) is 5. The van der Waals surface area contributed by atoms with Crippen molar-refractivity contribution < 1.29 is 13.9 Å². The van der Waals surface area contributed by atoms with Crippen molar-refractivity contribution in [2.24, 2.45) is 0 Å². The highest BCUT2D eigenvalue weighted by atomic mass is 16.6. The highest BCUT2D eigenvalue weighted by Gasteiger charge is 2.30. The molecule has 0 radical (unpaired) electrons. The maximum Gasteiger partial charge on any atom is 0.410 e. The van der Waals surface area contributed by atoms with Crippen LogP contribution in [0.15, 0.2) is 28.7 Å². The normalized spacial score (nSPS) is 18.7. The van der Waals surface area contributed by atoms with Gasteiger partial charge in [0.2, 0.25) is 0 Å². The number of rotatable bonds is 2. The minimum Gasteiger partial charge on any atom is -0.444 e. The van der Waals surface area contributed by atoms with Gasteiger partial charge in [0, 0.05) is 19.1 Å². The molecule has 1 saturated heterocycles. The molecule has 1 aliphatic rings. The van der Waals surface area contributed by atoms with Crippen LogP contribution < -0.4 is 5.32 Å². The summed E-state index contributed by atoms with van der Waals surface area (Å²) < 4.78 is 11.0. The number of fused-ring (bicyclic) bond motifs is 1. The second kappa shape index (κ2) is 5.51. The van der Waals surface area contributed by atoms with Crippen molar-refractivity contribution in [2.75, 3.05) is 18.4 Å². The molecule has 1 amide bonds. The van der Waals surface area contributed by atoms with E-state index in [2.05, 4.69) is 10.3 Å². The standard InChI is InChI=1S/C16H21N3O3/c1-16(2,3)22-15(20)19-9-8-11(10-19)17-14-18-12-6-4-5-7-13(12)21-14/h4-7,11H,8-10H2,1-3H3,(H,17,18)/t11-/m1/s1. The van der Waals surface area contributed by atoms with Crippen LogP contribution in [0.25, 0.3) is 11.1 Å². The Morgan fingerprint density at radius 1 is 1.41 bits per heavy atom. The molecule has 1 aliphatic heterocycles. The number of carbonyl (C=O) groups is 1. The average Bonchev–Trinajstić information content (AvgIpc) is 3.02. The van der Waals surface area contributed by atoms with Crippen LogP contribution in [0.5, 0.6) is 0 Å².